The summed E-state index contributed by atoms with van der Waals surface area (Å²) in [5, 5.41) is 30.8. The monoisotopic (exact) mass is 1030 g/mol. The summed E-state index contributed by atoms with van der Waals surface area (Å²) in [5.41, 5.74) is 0. The molecule has 1 aliphatic rings. The Balaban J connectivity index is 2.23. The largest absolute Gasteiger partial charge is 0.457 e. The Morgan fingerprint density at radius 2 is 0.803 bits per heavy atom. The highest BCUT2D eigenvalue weighted by Crippen LogP contribution is 2.26. The number of hydrogen-bond donors (Lipinski definition) is 4. The summed E-state index contributed by atoms with van der Waals surface area (Å²) >= 11 is 0. The summed E-state index contributed by atoms with van der Waals surface area (Å²) in [6.07, 6.45) is 48.7. The summed E-state index contributed by atoms with van der Waals surface area (Å²) in [4.78, 5) is 13.0. The first-order chi connectivity index (χ1) is 34.6. The molecule has 0 amide bonds. The van der Waals surface area contributed by atoms with Gasteiger partial charge in [0.1, 0.15) is 30.5 Å². The van der Waals surface area contributed by atoms with E-state index >= 15 is 0 Å². The Labute approximate surface area is 436 Å². The van der Waals surface area contributed by atoms with Crippen molar-refractivity contribution in [3.63, 3.8) is 0 Å². The number of aliphatic hydroxyl groups is 3. The molecule has 1 aliphatic heterocycles. The van der Waals surface area contributed by atoms with Crippen LogP contribution in [0.3, 0.4) is 0 Å². The second kappa shape index (κ2) is 49.9. The van der Waals surface area contributed by atoms with E-state index in [1.807, 2.05) is 0 Å². The molecule has 0 bridgehead atoms. The minimum absolute atomic E-state index is 0.0458. The summed E-state index contributed by atoms with van der Waals surface area (Å²) < 4.78 is 59.5. The summed E-state index contributed by atoms with van der Waals surface area (Å²) in [5.74, 6) is -0.389. The van der Waals surface area contributed by atoms with Crippen LogP contribution in [-0.4, -0.2) is 97.5 Å². The molecule has 0 aromatic carbocycles. The van der Waals surface area contributed by atoms with E-state index in [1.54, 1.807) is 0 Å². The van der Waals surface area contributed by atoms with E-state index in [-0.39, 0.29) is 25.6 Å². The summed E-state index contributed by atoms with van der Waals surface area (Å²) in [6.45, 7) is 4.08. The maximum absolute atomic E-state index is 13.0. The van der Waals surface area contributed by atoms with Gasteiger partial charge in [0.25, 0.3) is 0 Å². The Hall–Kier alpha value is -0.900. The second-order valence-electron chi connectivity index (χ2n) is 21.3. The molecule has 0 aromatic heterocycles. The molecule has 0 radical (unpaired) electrons. The lowest BCUT2D eigenvalue weighted by Crippen LogP contribution is -2.60. The number of unbranched alkanes of at least 4 members (excludes halogenated alkanes) is 42. The molecule has 6 unspecified atom stereocenters. The van der Waals surface area contributed by atoms with Crippen molar-refractivity contribution in [3.05, 3.63) is 0 Å². The molecular formula is C58H114O12S. The Morgan fingerprint density at radius 1 is 0.479 bits per heavy atom. The fraction of sp³-hybridized carbons (Fsp3) is 0.983. The SMILES string of the molecule is CCCCCCCCCCCCCCCCCCCCCCCCCCCCOCC(COC1OC(CO)C(O)C(OS(=O)(=O)O)C1O)OC(=O)CCCCCCCCCCCCCCCCCCCC. The number of carbonyl (C=O) groups excluding carboxylic acids is 1. The first kappa shape index (κ1) is 68.1. The van der Waals surface area contributed by atoms with Crippen molar-refractivity contribution in [2.45, 2.75) is 340 Å². The van der Waals surface area contributed by atoms with Gasteiger partial charge in [-0.05, 0) is 12.8 Å². The zero-order valence-electron chi connectivity index (χ0n) is 46.1. The van der Waals surface area contributed by atoms with Gasteiger partial charge in [0.05, 0.1) is 19.8 Å². The highest BCUT2D eigenvalue weighted by Gasteiger charge is 2.48. The smallest absolute Gasteiger partial charge is 0.397 e. The van der Waals surface area contributed by atoms with Gasteiger partial charge in [-0.2, -0.15) is 8.42 Å². The van der Waals surface area contributed by atoms with Gasteiger partial charge in [-0.1, -0.05) is 284 Å². The van der Waals surface area contributed by atoms with E-state index in [0.29, 0.717) is 13.0 Å². The first-order valence-electron chi connectivity index (χ1n) is 30.3. The average molecular weight is 1040 g/mol. The number of carbonyl (C=O) groups is 1. The Morgan fingerprint density at radius 3 is 1.13 bits per heavy atom. The molecule has 13 heteroatoms. The van der Waals surface area contributed by atoms with Crippen LogP contribution in [0.15, 0.2) is 0 Å². The molecule has 0 aliphatic carbocycles. The van der Waals surface area contributed by atoms with Crippen LogP contribution in [0.2, 0.25) is 0 Å². The summed E-state index contributed by atoms with van der Waals surface area (Å²) in [7, 11) is -5.06. The lowest BCUT2D eigenvalue weighted by atomic mass is 9.99. The van der Waals surface area contributed by atoms with Crippen LogP contribution in [-0.2, 0) is 38.3 Å². The van der Waals surface area contributed by atoms with E-state index in [0.717, 1.165) is 38.5 Å². The number of aliphatic hydroxyl groups excluding tert-OH is 3. The molecule has 0 saturated carbocycles. The van der Waals surface area contributed by atoms with Crippen molar-refractivity contribution < 1.29 is 56.2 Å². The summed E-state index contributed by atoms with van der Waals surface area (Å²) in [6, 6.07) is 0. The van der Waals surface area contributed by atoms with Crippen LogP contribution in [0.25, 0.3) is 0 Å². The Bertz CT molecular complexity index is 1240. The molecule has 6 atom stereocenters. The van der Waals surface area contributed by atoms with Gasteiger partial charge in [0.2, 0.25) is 0 Å². The first-order valence-corrected chi connectivity index (χ1v) is 31.7. The molecular weight excluding hydrogens is 921 g/mol. The minimum atomic E-state index is -5.06. The normalized spacial score (nSPS) is 18.9. The lowest BCUT2D eigenvalue weighted by molar-refractivity contribution is -0.301. The van der Waals surface area contributed by atoms with Gasteiger partial charge in [-0.15, -0.1) is 0 Å². The van der Waals surface area contributed by atoms with Crippen molar-refractivity contribution in [1.82, 2.24) is 0 Å². The van der Waals surface area contributed by atoms with Crippen LogP contribution < -0.4 is 0 Å². The third-order valence-corrected chi connectivity index (χ3v) is 14.9. The number of hydrogen-bond acceptors (Lipinski definition) is 11. The highest BCUT2D eigenvalue weighted by atomic mass is 32.3. The van der Waals surface area contributed by atoms with Gasteiger partial charge < -0.3 is 34.3 Å². The molecule has 71 heavy (non-hydrogen) atoms. The molecule has 1 heterocycles. The van der Waals surface area contributed by atoms with E-state index < -0.39 is 53.8 Å². The van der Waals surface area contributed by atoms with Crippen molar-refractivity contribution in [2.75, 3.05) is 26.4 Å². The van der Waals surface area contributed by atoms with Gasteiger partial charge >= 0.3 is 16.4 Å². The molecule has 1 saturated heterocycles. The van der Waals surface area contributed by atoms with Crippen LogP contribution in [0.1, 0.15) is 303 Å². The zero-order valence-corrected chi connectivity index (χ0v) is 46.9. The lowest BCUT2D eigenvalue weighted by Gasteiger charge is -2.41. The minimum Gasteiger partial charge on any atom is -0.457 e. The van der Waals surface area contributed by atoms with Gasteiger partial charge in [-0.3, -0.25) is 9.35 Å². The Kier molecular flexibility index (Phi) is 47.9. The maximum atomic E-state index is 13.0. The number of rotatable bonds is 55. The third-order valence-electron chi connectivity index (χ3n) is 14.5. The quantitative estimate of drug-likeness (QED) is 0.0258. The van der Waals surface area contributed by atoms with Crippen LogP contribution >= 0.6 is 0 Å². The molecule has 4 N–H and O–H groups in total. The van der Waals surface area contributed by atoms with E-state index in [2.05, 4.69) is 18.0 Å². The van der Waals surface area contributed by atoms with Crippen molar-refractivity contribution >= 4 is 16.4 Å². The van der Waals surface area contributed by atoms with Crippen LogP contribution in [0.4, 0.5) is 0 Å². The second-order valence-corrected chi connectivity index (χ2v) is 22.4. The van der Waals surface area contributed by atoms with E-state index in [9.17, 15) is 33.1 Å². The van der Waals surface area contributed by atoms with E-state index in [4.69, 9.17) is 18.9 Å². The molecule has 0 aromatic rings. The van der Waals surface area contributed by atoms with Crippen LogP contribution in [0.5, 0.6) is 0 Å². The van der Waals surface area contributed by atoms with Crippen molar-refractivity contribution in [1.29, 1.82) is 0 Å². The predicted octanol–water partition coefficient (Wildman–Crippen LogP) is 15.2. The molecule has 12 nitrogen and oxygen atoms in total. The number of ether oxygens (including phenoxy) is 4. The predicted molar refractivity (Wildman–Crippen MR) is 290 cm³/mol. The fourth-order valence-corrected chi connectivity index (χ4v) is 10.4. The standard InChI is InChI=1S/C58H114O12S/c1-3-5-7-9-11-13-15-17-19-21-23-24-25-26-27-28-29-30-32-34-36-38-40-42-44-46-48-66-50-52(51-67-58-56(62)57(70-71(63,64)65)55(61)53(49-59)69-58)68-54(60)47-45-43-41-39-37-35-33-31-22-20-18-16-14-12-10-8-6-4-2/h52-53,55-59,61-62H,3-51H2,1-2H3,(H,63,64,65). The van der Waals surface area contributed by atoms with Crippen molar-refractivity contribution in [3.8, 4) is 0 Å². The van der Waals surface area contributed by atoms with Gasteiger partial charge in [0.15, 0.2) is 6.29 Å². The van der Waals surface area contributed by atoms with Gasteiger partial charge in [0, 0.05) is 13.0 Å². The zero-order chi connectivity index (χ0) is 51.7. The topological polar surface area (TPSA) is 178 Å². The molecule has 0 spiro atoms. The van der Waals surface area contributed by atoms with Crippen molar-refractivity contribution in [2.24, 2.45) is 0 Å². The average Bonchev–Trinajstić information content (AvgIpc) is 3.35. The molecule has 424 valence electrons. The maximum Gasteiger partial charge on any atom is 0.397 e. The third kappa shape index (κ3) is 43.0. The molecule has 1 fully saturated rings. The highest BCUT2D eigenvalue weighted by molar-refractivity contribution is 7.80. The number of esters is 1. The molecule has 1 rings (SSSR count). The van der Waals surface area contributed by atoms with Crippen LogP contribution in [0, 0.1) is 0 Å². The van der Waals surface area contributed by atoms with E-state index in [1.165, 1.54) is 238 Å². The fourth-order valence-electron chi connectivity index (χ4n) is 9.91. The van der Waals surface area contributed by atoms with Gasteiger partial charge in [-0.25, -0.2) is 4.18 Å².